The summed E-state index contributed by atoms with van der Waals surface area (Å²) < 4.78 is 0. The topological polar surface area (TPSA) is 0 Å². The smallest absolute Gasteiger partial charge is 0.115 e. The van der Waals surface area contributed by atoms with E-state index < -0.39 is 0 Å². The number of aryl methyl sites for hydroxylation is 3. The molecule has 0 spiro atoms. The fourth-order valence-electron chi connectivity index (χ4n) is 10.5. The third kappa shape index (κ3) is 8.86. The van der Waals surface area contributed by atoms with Crippen molar-refractivity contribution in [3.63, 3.8) is 0 Å². The minimum absolute atomic E-state index is 0.0523. The third-order valence-corrected chi connectivity index (χ3v) is 13.9. The summed E-state index contributed by atoms with van der Waals surface area (Å²) in [6.07, 6.45) is 10.8. The number of rotatable bonds is 8. The monoisotopic (exact) mass is 847 g/mol. The van der Waals surface area contributed by atoms with Crippen LogP contribution in [0.5, 0.6) is 0 Å². The Morgan fingerprint density at radius 1 is 0.508 bits per heavy atom. The summed E-state index contributed by atoms with van der Waals surface area (Å²) in [5.74, 6) is 2.75. The molecule has 65 heavy (non-hydrogen) atoms. The van der Waals surface area contributed by atoms with Crippen molar-refractivity contribution in [1.29, 1.82) is 0 Å². The van der Waals surface area contributed by atoms with Gasteiger partial charge in [0.05, 0.1) is 0 Å². The van der Waals surface area contributed by atoms with E-state index in [1.165, 1.54) is 116 Å². The summed E-state index contributed by atoms with van der Waals surface area (Å²) >= 11 is 0. The zero-order valence-electron chi connectivity index (χ0n) is 41.6. The standard InChI is InChI=1S/C64H67B/c1-16-17-40(2)34-42(4)39-65(61-43(5)35-41(3)36-44(61)6)58-38-57(47-22-28-50(29-23-47)64(13,14)15)53-31-30-51-55(45-18-24-48(25-19-45)62(7,8)9)37-56(52-32-33-54(58)60(53)59(51)52)46-20-26-49(27-21-46)63(10,11)12/h1,17-38H,39H2,2-15H3/b40-17-,42-34-. The lowest BCUT2D eigenvalue weighted by Crippen LogP contribution is -2.45. The molecule has 0 radical (unpaired) electrons. The van der Waals surface area contributed by atoms with Crippen LogP contribution in [-0.4, -0.2) is 6.71 Å². The van der Waals surface area contributed by atoms with Gasteiger partial charge in [0.1, 0.15) is 0 Å². The van der Waals surface area contributed by atoms with Gasteiger partial charge in [0, 0.05) is 0 Å². The van der Waals surface area contributed by atoms with Gasteiger partial charge in [-0.2, -0.15) is 0 Å². The normalized spacial score (nSPS) is 13.0. The molecule has 0 N–H and O–H groups in total. The number of allylic oxidation sites excluding steroid dienone is 4. The summed E-state index contributed by atoms with van der Waals surface area (Å²) in [4.78, 5) is 0. The van der Waals surface area contributed by atoms with Crippen molar-refractivity contribution in [2.45, 2.75) is 119 Å². The van der Waals surface area contributed by atoms with Crippen LogP contribution < -0.4 is 10.9 Å². The summed E-state index contributed by atoms with van der Waals surface area (Å²) in [5, 5.41) is 7.84. The highest BCUT2D eigenvalue weighted by Gasteiger charge is 2.29. The van der Waals surface area contributed by atoms with E-state index in [2.05, 4.69) is 230 Å². The van der Waals surface area contributed by atoms with Crippen molar-refractivity contribution in [1.82, 2.24) is 0 Å². The van der Waals surface area contributed by atoms with Crippen LogP contribution in [-0.2, 0) is 16.2 Å². The molecule has 0 bridgehead atoms. The Morgan fingerprint density at radius 3 is 1.26 bits per heavy atom. The van der Waals surface area contributed by atoms with Crippen LogP contribution in [0.25, 0.3) is 65.7 Å². The van der Waals surface area contributed by atoms with Gasteiger partial charge < -0.3 is 0 Å². The summed E-state index contributed by atoms with van der Waals surface area (Å²) in [7, 11) is 0. The van der Waals surface area contributed by atoms with Gasteiger partial charge in [-0.05, 0) is 157 Å². The first kappa shape index (κ1) is 45.5. The molecule has 0 amide bonds. The predicted molar refractivity (Wildman–Crippen MR) is 289 cm³/mol. The molecule has 0 atom stereocenters. The van der Waals surface area contributed by atoms with Crippen molar-refractivity contribution < 1.29 is 0 Å². The number of hydrogen-bond acceptors (Lipinski definition) is 0. The minimum atomic E-state index is 0.0523. The van der Waals surface area contributed by atoms with E-state index in [1.807, 2.05) is 6.08 Å². The first-order valence-corrected chi connectivity index (χ1v) is 23.6. The number of benzene rings is 8. The van der Waals surface area contributed by atoms with Crippen molar-refractivity contribution in [2.24, 2.45) is 0 Å². The first-order chi connectivity index (χ1) is 30.6. The largest absolute Gasteiger partial charge is 0.214 e. The molecule has 8 rings (SSSR count). The zero-order chi connectivity index (χ0) is 46.7. The molecule has 0 saturated carbocycles. The maximum absolute atomic E-state index is 5.77. The quantitative estimate of drug-likeness (QED) is 0.0619. The van der Waals surface area contributed by atoms with Gasteiger partial charge in [-0.3, -0.25) is 0 Å². The third-order valence-electron chi connectivity index (χ3n) is 13.9. The lowest BCUT2D eigenvalue weighted by Gasteiger charge is -2.26. The van der Waals surface area contributed by atoms with E-state index in [9.17, 15) is 0 Å². The van der Waals surface area contributed by atoms with E-state index >= 15 is 0 Å². The molecule has 0 heterocycles. The van der Waals surface area contributed by atoms with Crippen LogP contribution in [0.4, 0.5) is 0 Å². The van der Waals surface area contributed by atoms with Gasteiger partial charge in [-0.25, -0.2) is 0 Å². The molecule has 0 unspecified atom stereocenters. The Balaban J connectivity index is 1.53. The average Bonchev–Trinajstić information content (AvgIpc) is 3.24. The van der Waals surface area contributed by atoms with Gasteiger partial charge in [0.15, 0.2) is 0 Å². The van der Waals surface area contributed by atoms with Crippen molar-refractivity contribution in [3.05, 3.63) is 178 Å². The molecule has 8 aromatic carbocycles. The molecule has 0 nitrogen and oxygen atoms in total. The zero-order valence-corrected chi connectivity index (χ0v) is 41.6. The number of terminal acetylenes is 1. The van der Waals surface area contributed by atoms with Crippen LogP contribution in [0.1, 0.15) is 110 Å². The van der Waals surface area contributed by atoms with E-state index in [0.29, 0.717) is 0 Å². The number of hydrogen-bond donors (Lipinski definition) is 0. The Kier molecular flexibility index (Phi) is 11.9. The van der Waals surface area contributed by atoms with Gasteiger partial charge in [-0.15, -0.1) is 6.42 Å². The van der Waals surface area contributed by atoms with Crippen molar-refractivity contribution in [3.8, 4) is 45.7 Å². The molecule has 326 valence electrons. The molecule has 0 saturated heterocycles. The molecular weight excluding hydrogens is 780 g/mol. The fraction of sp³-hybridized carbons (Fsp3) is 0.281. The molecular formula is C64H67B. The van der Waals surface area contributed by atoms with E-state index in [1.54, 1.807) is 0 Å². The molecule has 1 heteroatoms. The maximum Gasteiger partial charge on any atom is 0.214 e. The lowest BCUT2D eigenvalue weighted by molar-refractivity contribution is 0.590. The Labute approximate surface area is 391 Å². The van der Waals surface area contributed by atoms with Crippen molar-refractivity contribution in [2.75, 3.05) is 0 Å². The molecule has 0 aliphatic heterocycles. The fourth-order valence-corrected chi connectivity index (χ4v) is 10.5. The molecule has 0 aromatic heterocycles. The maximum atomic E-state index is 5.77. The highest BCUT2D eigenvalue weighted by molar-refractivity contribution is 6.88. The highest BCUT2D eigenvalue weighted by atomic mass is 14.3. The molecule has 8 aromatic rings. The van der Waals surface area contributed by atoms with Gasteiger partial charge in [0.2, 0.25) is 6.71 Å². The van der Waals surface area contributed by atoms with E-state index in [-0.39, 0.29) is 23.0 Å². The Hall–Kier alpha value is -6.10. The Morgan fingerprint density at radius 2 is 0.877 bits per heavy atom. The SMILES string of the molecule is C#C/C=C(C)\C=C(\C)CB(c1c(C)cc(C)cc1C)c1cc(-c2ccc(C(C)(C)C)cc2)c2ccc3c(-c4ccc(C(C)(C)C)cc4)cc(-c4ccc(C(C)(C)C)cc4)c4ccc1c2c43. The second-order valence-corrected chi connectivity index (χ2v) is 22.2. The summed E-state index contributed by atoms with van der Waals surface area (Å²) in [6.45, 7) is 32.0. The van der Waals surface area contributed by atoms with Gasteiger partial charge >= 0.3 is 0 Å². The average molecular weight is 847 g/mol. The van der Waals surface area contributed by atoms with Gasteiger partial charge in [0.25, 0.3) is 0 Å². The van der Waals surface area contributed by atoms with Crippen LogP contribution in [0, 0.1) is 33.1 Å². The highest BCUT2D eigenvalue weighted by Crippen LogP contribution is 2.46. The van der Waals surface area contributed by atoms with Crippen LogP contribution >= 0.6 is 0 Å². The molecule has 0 fully saturated rings. The van der Waals surface area contributed by atoms with Crippen LogP contribution in [0.15, 0.2) is 145 Å². The van der Waals surface area contributed by atoms with Crippen LogP contribution in [0.3, 0.4) is 0 Å². The van der Waals surface area contributed by atoms with Gasteiger partial charge in [-0.1, -0.05) is 223 Å². The predicted octanol–water partition coefficient (Wildman–Crippen LogP) is 16.5. The lowest BCUT2D eigenvalue weighted by atomic mass is 9.35. The molecule has 0 aliphatic carbocycles. The minimum Gasteiger partial charge on any atom is -0.115 e. The first-order valence-electron chi connectivity index (χ1n) is 23.6. The van der Waals surface area contributed by atoms with Crippen molar-refractivity contribution >= 4 is 50.0 Å². The van der Waals surface area contributed by atoms with E-state index in [0.717, 1.165) is 11.9 Å². The summed E-state index contributed by atoms with van der Waals surface area (Å²) in [6, 6.07) is 47.6. The second-order valence-electron chi connectivity index (χ2n) is 22.2. The Bertz CT molecular complexity index is 3070. The second kappa shape index (κ2) is 17.0. The summed E-state index contributed by atoms with van der Waals surface area (Å²) in [5.41, 5.74) is 20.8. The van der Waals surface area contributed by atoms with Crippen LogP contribution in [0.2, 0.25) is 6.32 Å². The van der Waals surface area contributed by atoms with E-state index in [4.69, 9.17) is 6.42 Å². The molecule has 0 aliphatic rings.